The fraction of sp³-hybridized carbons (Fsp3) is 0.786. The molecule has 1 aromatic rings. The normalized spacial score (nSPS) is 36.5. The number of hydrogen-bond donors (Lipinski definition) is 6. The summed E-state index contributed by atoms with van der Waals surface area (Å²) < 4.78 is 57.2. The van der Waals surface area contributed by atoms with E-state index in [0.29, 0.717) is 11.5 Å². The molecule has 3 aliphatic heterocycles. The van der Waals surface area contributed by atoms with Crippen molar-refractivity contribution < 1.29 is 78.0 Å². The summed E-state index contributed by atoms with van der Waals surface area (Å²) in [4.78, 5) is 0. The van der Waals surface area contributed by atoms with Crippen LogP contribution in [0.4, 0.5) is 0 Å². The highest BCUT2D eigenvalue weighted by Gasteiger charge is 2.48. The van der Waals surface area contributed by atoms with E-state index in [0.717, 1.165) is 0 Å². The molecule has 0 amide bonds. The molecule has 0 spiro atoms. The summed E-state index contributed by atoms with van der Waals surface area (Å²) in [6.45, 7) is 0.230. The first-order valence-electron chi connectivity index (χ1n) is 14.7. The summed E-state index contributed by atoms with van der Waals surface area (Å²) in [6, 6.07) is 7.29. The van der Waals surface area contributed by atoms with Crippen molar-refractivity contribution in [3.05, 3.63) is 24.3 Å². The van der Waals surface area contributed by atoms with Crippen LogP contribution >= 0.6 is 0 Å². The molecule has 1 aromatic carbocycles. The van der Waals surface area contributed by atoms with Gasteiger partial charge in [0.25, 0.3) is 0 Å². The maximum absolute atomic E-state index is 10.9. The van der Waals surface area contributed by atoms with Crippen LogP contribution in [-0.2, 0) is 37.9 Å². The van der Waals surface area contributed by atoms with Crippen molar-refractivity contribution in [3.8, 4) is 11.5 Å². The van der Waals surface area contributed by atoms with Crippen LogP contribution in [-0.4, -0.2) is 171 Å². The number of para-hydroxylation sites is 2. The molecule has 0 aromatic heterocycles. The minimum Gasteiger partial charge on any atom is -0.487 e. The smallest absolute Gasteiger partial charge is 0.187 e. The monoisotopic (exact) mass is 636 g/mol. The highest BCUT2D eigenvalue weighted by Crippen LogP contribution is 2.28. The van der Waals surface area contributed by atoms with Crippen molar-refractivity contribution in [1.82, 2.24) is 0 Å². The Morgan fingerprint density at radius 3 is 1.66 bits per heavy atom. The minimum absolute atomic E-state index is 0.0851. The van der Waals surface area contributed by atoms with Gasteiger partial charge in [-0.3, -0.25) is 0 Å². The van der Waals surface area contributed by atoms with E-state index in [1.165, 1.54) is 0 Å². The fourth-order valence-electron chi connectivity index (χ4n) is 4.88. The molecule has 0 saturated carbocycles. The highest BCUT2D eigenvalue weighted by molar-refractivity contribution is 5.39. The van der Waals surface area contributed by atoms with Gasteiger partial charge in [-0.1, -0.05) is 12.1 Å². The largest absolute Gasteiger partial charge is 0.487 e. The Bertz CT molecular complexity index is 939. The van der Waals surface area contributed by atoms with Gasteiger partial charge in [-0.15, -0.1) is 0 Å². The molecule has 4 rings (SSSR count). The van der Waals surface area contributed by atoms with Crippen LogP contribution in [0.25, 0.3) is 0 Å². The maximum atomic E-state index is 10.9. The predicted octanol–water partition coefficient (Wildman–Crippen LogP) is -2.83. The van der Waals surface area contributed by atoms with E-state index < -0.39 is 74.6 Å². The van der Waals surface area contributed by atoms with Gasteiger partial charge in [-0.2, -0.15) is 0 Å². The van der Waals surface area contributed by atoms with Crippen LogP contribution in [0.2, 0.25) is 0 Å². The number of rotatable bonds is 7. The van der Waals surface area contributed by atoms with Crippen molar-refractivity contribution in [2.45, 2.75) is 61.4 Å². The topological polar surface area (TPSA) is 214 Å². The Kier molecular flexibility index (Phi) is 14.7. The van der Waals surface area contributed by atoms with Gasteiger partial charge >= 0.3 is 0 Å². The first-order valence-corrected chi connectivity index (χ1v) is 14.7. The van der Waals surface area contributed by atoms with Crippen LogP contribution < -0.4 is 9.47 Å². The summed E-state index contributed by atoms with van der Waals surface area (Å²) in [7, 11) is 0. The fourth-order valence-corrected chi connectivity index (χ4v) is 4.88. The molecule has 10 atom stereocenters. The number of ether oxygens (including phenoxy) is 10. The van der Waals surface area contributed by atoms with Crippen LogP contribution in [0, 0.1) is 0 Å². The molecule has 3 heterocycles. The maximum Gasteiger partial charge on any atom is 0.187 e. The summed E-state index contributed by atoms with van der Waals surface area (Å²) >= 11 is 0. The van der Waals surface area contributed by atoms with Gasteiger partial charge in [0.05, 0.1) is 66.1 Å². The molecular weight excluding hydrogens is 592 g/mol. The minimum atomic E-state index is -1.58. The number of hydrogen-bond acceptors (Lipinski definition) is 16. The lowest BCUT2D eigenvalue weighted by molar-refractivity contribution is -0.326. The molecule has 0 radical (unpaired) electrons. The second kappa shape index (κ2) is 18.4. The molecule has 2 saturated heterocycles. The van der Waals surface area contributed by atoms with Crippen molar-refractivity contribution in [1.29, 1.82) is 0 Å². The Morgan fingerprint density at radius 2 is 1.07 bits per heavy atom. The van der Waals surface area contributed by atoms with E-state index in [1.807, 2.05) is 12.1 Å². The number of benzene rings is 1. The zero-order valence-electron chi connectivity index (χ0n) is 24.3. The van der Waals surface area contributed by atoms with Gasteiger partial charge in [0.1, 0.15) is 62.0 Å². The van der Waals surface area contributed by atoms with E-state index >= 15 is 0 Å². The Morgan fingerprint density at radius 1 is 0.568 bits per heavy atom. The molecule has 0 aliphatic carbocycles. The summed E-state index contributed by atoms with van der Waals surface area (Å²) in [5.74, 6) is 1.17. The standard InChI is InChI=1S/C28H44O16/c29-15-19-21(31)23(33)24(34)27(43-19)41-13-14-42-28-26-25(22(32)20(16-30)44-28)39-11-7-35-5-9-37-17-3-1-2-4-18(17)38-10-6-36-8-12-40-26/h1-4,19-34H,5-16H2/t19-,20-,21+,22-,23+,24-,25+,26-,27-,28+/m1/s1. The third kappa shape index (κ3) is 9.63. The molecule has 16 heteroatoms. The Labute approximate surface area is 254 Å². The van der Waals surface area contributed by atoms with Crippen LogP contribution in [0.15, 0.2) is 24.3 Å². The SMILES string of the molecule is OC[C@H]1O[C@@H](OCCO[C@H]2O[C@H](CO)[C@@H](O)[C@@H]3OCCOCCOc4ccccc4OCCOCCO[C@@H]23)[C@H](O)[C@@H](O)[C@H]1O. The molecule has 0 bridgehead atoms. The van der Waals surface area contributed by atoms with E-state index in [1.54, 1.807) is 12.1 Å². The van der Waals surface area contributed by atoms with Gasteiger partial charge in [-0.25, -0.2) is 0 Å². The zero-order valence-corrected chi connectivity index (χ0v) is 24.3. The van der Waals surface area contributed by atoms with E-state index in [-0.39, 0.29) is 66.1 Å². The average molecular weight is 637 g/mol. The lowest BCUT2D eigenvalue weighted by Crippen LogP contribution is -2.61. The van der Waals surface area contributed by atoms with Crippen molar-refractivity contribution in [2.24, 2.45) is 0 Å². The van der Waals surface area contributed by atoms with Gasteiger partial charge in [0, 0.05) is 0 Å². The van der Waals surface area contributed by atoms with Crippen LogP contribution in [0.1, 0.15) is 0 Å². The molecule has 6 N–H and O–H groups in total. The van der Waals surface area contributed by atoms with Crippen LogP contribution in [0.3, 0.4) is 0 Å². The lowest BCUT2D eigenvalue weighted by Gasteiger charge is -2.43. The van der Waals surface area contributed by atoms with Crippen molar-refractivity contribution in [2.75, 3.05) is 79.3 Å². The second-order valence-corrected chi connectivity index (χ2v) is 10.2. The molecule has 252 valence electrons. The summed E-state index contributed by atoms with van der Waals surface area (Å²) in [5, 5.41) is 60.2. The molecular formula is C28H44O16. The van der Waals surface area contributed by atoms with Crippen molar-refractivity contribution >= 4 is 0 Å². The average Bonchev–Trinajstić information content (AvgIpc) is 3.03. The molecule has 2 fully saturated rings. The van der Waals surface area contributed by atoms with E-state index in [4.69, 9.17) is 47.4 Å². The Hall–Kier alpha value is -1.74. The van der Waals surface area contributed by atoms with Crippen LogP contribution in [0.5, 0.6) is 11.5 Å². The second-order valence-electron chi connectivity index (χ2n) is 10.2. The number of fused-ring (bicyclic) bond motifs is 2. The highest BCUT2D eigenvalue weighted by atomic mass is 16.7. The first kappa shape index (κ1) is 35.1. The first-order chi connectivity index (χ1) is 21.4. The summed E-state index contributed by atoms with van der Waals surface area (Å²) in [6.07, 6.45) is -12.4. The molecule has 0 unspecified atom stereocenters. The zero-order chi connectivity index (χ0) is 31.3. The quantitative estimate of drug-likeness (QED) is 0.166. The van der Waals surface area contributed by atoms with Gasteiger partial charge < -0.3 is 78.0 Å². The molecule has 16 nitrogen and oxygen atoms in total. The molecule has 3 aliphatic rings. The molecule has 44 heavy (non-hydrogen) atoms. The van der Waals surface area contributed by atoms with Gasteiger partial charge in [0.15, 0.2) is 24.1 Å². The van der Waals surface area contributed by atoms with E-state index in [2.05, 4.69) is 0 Å². The van der Waals surface area contributed by atoms with Crippen molar-refractivity contribution in [3.63, 3.8) is 0 Å². The van der Waals surface area contributed by atoms with Gasteiger partial charge in [0.2, 0.25) is 0 Å². The predicted molar refractivity (Wildman–Crippen MR) is 146 cm³/mol. The Balaban J connectivity index is 1.34. The lowest BCUT2D eigenvalue weighted by atomic mass is 9.98. The summed E-state index contributed by atoms with van der Waals surface area (Å²) in [5.41, 5.74) is 0. The number of aliphatic hydroxyl groups excluding tert-OH is 6. The third-order valence-electron chi connectivity index (χ3n) is 7.19. The van der Waals surface area contributed by atoms with Gasteiger partial charge in [-0.05, 0) is 12.1 Å². The third-order valence-corrected chi connectivity index (χ3v) is 7.19. The number of aliphatic hydroxyl groups is 6. The van der Waals surface area contributed by atoms with E-state index in [9.17, 15) is 30.6 Å².